The molecule has 2 N–H and O–H groups in total. The van der Waals surface area contributed by atoms with Gasteiger partial charge >= 0.3 is 6.09 Å². The van der Waals surface area contributed by atoms with E-state index in [1.54, 1.807) is 12.1 Å². The summed E-state index contributed by atoms with van der Waals surface area (Å²) >= 11 is 0. The number of aromatic nitrogens is 2. The molecule has 2 aromatic carbocycles. The van der Waals surface area contributed by atoms with Crippen molar-refractivity contribution in [1.82, 2.24) is 14.9 Å². The molecule has 1 aromatic heterocycles. The van der Waals surface area contributed by atoms with Gasteiger partial charge in [-0.05, 0) is 49.6 Å². The minimum absolute atomic E-state index is 0.0754. The first-order valence-electron chi connectivity index (χ1n) is 12.0. The molecule has 5 rings (SSSR count). The highest BCUT2D eigenvalue weighted by Gasteiger charge is 2.36. The Kier molecular flexibility index (Phi) is 6.66. The van der Waals surface area contributed by atoms with Crippen LogP contribution in [0.1, 0.15) is 17.5 Å². The summed E-state index contributed by atoms with van der Waals surface area (Å²) in [6.07, 6.45) is -0.882. The number of nitrogens with zero attached hydrogens (tertiary/aromatic N) is 3. The van der Waals surface area contributed by atoms with E-state index in [1.165, 1.54) is 30.2 Å². The SMILES string of the molecule is COC(=O)N1C[C@@H]2C[C@H](C1)C(=O)Nc1cccc(c1)S(=O)(=O)Nc1nc(cc(-c3c(C)cccc3C)n1)O2. The molecule has 2 aliphatic heterocycles. The van der Waals surface area contributed by atoms with Crippen molar-refractivity contribution in [3.63, 3.8) is 0 Å². The van der Waals surface area contributed by atoms with Crippen LogP contribution in [0.4, 0.5) is 16.4 Å². The Morgan fingerprint density at radius 1 is 1.08 bits per heavy atom. The van der Waals surface area contributed by atoms with Crippen molar-refractivity contribution in [3.05, 3.63) is 59.7 Å². The van der Waals surface area contributed by atoms with Gasteiger partial charge in [-0.2, -0.15) is 4.98 Å². The first-order chi connectivity index (χ1) is 18.1. The first-order valence-corrected chi connectivity index (χ1v) is 13.5. The fourth-order valence-corrected chi connectivity index (χ4v) is 5.81. The smallest absolute Gasteiger partial charge is 0.409 e. The maximum Gasteiger partial charge on any atom is 0.409 e. The third-order valence-corrected chi connectivity index (χ3v) is 7.91. The Labute approximate surface area is 220 Å². The average Bonchev–Trinajstić information content (AvgIpc) is 2.87. The molecule has 3 heterocycles. The second-order valence-electron chi connectivity index (χ2n) is 9.35. The number of carbonyl (C=O) groups is 2. The van der Waals surface area contributed by atoms with Crippen molar-refractivity contribution in [2.45, 2.75) is 31.3 Å². The molecule has 12 heteroatoms. The predicted molar refractivity (Wildman–Crippen MR) is 139 cm³/mol. The summed E-state index contributed by atoms with van der Waals surface area (Å²) in [5.41, 5.74) is 3.47. The number of piperidine rings is 1. The molecular formula is C26H27N5O6S. The molecule has 0 saturated carbocycles. The van der Waals surface area contributed by atoms with E-state index in [9.17, 15) is 18.0 Å². The van der Waals surface area contributed by atoms with E-state index in [4.69, 9.17) is 9.47 Å². The van der Waals surface area contributed by atoms with Gasteiger partial charge < -0.3 is 19.7 Å². The van der Waals surface area contributed by atoms with E-state index in [0.29, 0.717) is 17.8 Å². The van der Waals surface area contributed by atoms with Crippen molar-refractivity contribution in [2.75, 3.05) is 30.2 Å². The van der Waals surface area contributed by atoms with E-state index >= 15 is 0 Å². The number of anilines is 2. The van der Waals surface area contributed by atoms with Crippen molar-refractivity contribution in [1.29, 1.82) is 0 Å². The number of ether oxygens (including phenoxy) is 2. The van der Waals surface area contributed by atoms with Crippen molar-refractivity contribution < 1.29 is 27.5 Å². The Morgan fingerprint density at radius 3 is 2.55 bits per heavy atom. The maximum atomic E-state index is 13.2. The lowest BCUT2D eigenvalue weighted by Gasteiger charge is -2.36. The standard InChI is InChI=1S/C26H27N5O6S/c1-15-6-4-7-16(2)23(15)21-12-22-29-25(28-21)30-38(34,35)20-9-5-8-18(11-20)27-24(32)17-10-19(37-22)14-31(13-17)26(33)36-3/h4-9,11-12,17,19H,10,13-14H2,1-3H3,(H,27,32)(H,28,29,30)/t17-,19+/m1/s1. The van der Waals surface area contributed by atoms with E-state index in [-0.39, 0.29) is 35.7 Å². The van der Waals surface area contributed by atoms with Gasteiger partial charge in [-0.3, -0.25) is 4.79 Å². The predicted octanol–water partition coefficient (Wildman–Crippen LogP) is 3.35. The molecule has 6 bridgehead atoms. The number of methoxy groups -OCH3 is 1. The molecule has 2 atom stereocenters. The van der Waals surface area contributed by atoms with Gasteiger partial charge in [0.15, 0.2) is 0 Å². The molecule has 0 unspecified atom stereocenters. The third-order valence-electron chi connectivity index (χ3n) is 6.58. The second kappa shape index (κ2) is 9.93. The molecule has 0 spiro atoms. The highest BCUT2D eigenvalue weighted by Crippen LogP contribution is 2.31. The Balaban J connectivity index is 1.65. The number of hydrogen-bond acceptors (Lipinski definition) is 8. The zero-order valence-electron chi connectivity index (χ0n) is 21.1. The van der Waals surface area contributed by atoms with Gasteiger partial charge in [0, 0.05) is 23.9 Å². The van der Waals surface area contributed by atoms with E-state index in [2.05, 4.69) is 20.0 Å². The van der Waals surface area contributed by atoms with Crippen LogP contribution in [0, 0.1) is 19.8 Å². The van der Waals surface area contributed by atoms with Gasteiger partial charge in [0.2, 0.25) is 17.7 Å². The molecule has 2 aliphatic rings. The van der Waals surface area contributed by atoms with Crippen LogP contribution in [-0.4, -0.2) is 61.6 Å². The number of carbonyl (C=O) groups excluding carboxylic acids is 2. The van der Waals surface area contributed by atoms with Crippen LogP contribution in [0.15, 0.2) is 53.4 Å². The summed E-state index contributed by atoms with van der Waals surface area (Å²) in [5, 5.41) is 2.76. The van der Waals surface area contributed by atoms with Gasteiger partial charge in [0.1, 0.15) is 6.10 Å². The van der Waals surface area contributed by atoms with Crippen molar-refractivity contribution in [3.8, 4) is 17.1 Å². The largest absolute Gasteiger partial charge is 0.472 e. The summed E-state index contributed by atoms with van der Waals surface area (Å²) in [6, 6.07) is 13.3. The maximum absolute atomic E-state index is 13.2. The summed E-state index contributed by atoms with van der Waals surface area (Å²) < 4.78 is 40.0. The number of nitrogens with one attached hydrogen (secondary N) is 2. The van der Waals surface area contributed by atoms with E-state index in [1.807, 2.05) is 32.0 Å². The Morgan fingerprint density at radius 2 is 1.82 bits per heavy atom. The van der Waals surface area contributed by atoms with E-state index < -0.39 is 28.1 Å². The molecule has 1 saturated heterocycles. The van der Waals surface area contributed by atoms with Crippen LogP contribution >= 0.6 is 0 Å². The molecule has 1 fully saturated rings. The van der Waals surface area contributed by atoms with Crippen LogP contribution in [0.2, 0.25) is 0 Å². The molecule has 3 aromatic rings. The third kappa shape index (κ3) is 5.12. The lowest BCUT2D eigenvalue weighted by molar-refractivity contribution is -0.122. The highest BCUT2D eigenvalue weighted by atomic mass is 32.2. The summed E-state index contributed by atoms with van der Waals surface area (Å²) in [5.74, 6) is -1.05. The monoisotopic (exact) mass is 537 g/mol. The fourth-order valence-electron chi connectivity index (χ4n) is 4.82. The summed E-state index contributed by atoms with van der Waals surface area (Å²) in [4.78, 5) is 35.8. The van der Waals surface area contributed by atoms with Crippen LogP contribution < -0.4 is 14.8 Å². The second-order valence-corrected chi connectivity index (χ2v) is 11.0. The van der Waals surface area contributed by atoms with Gasteiger partial charge in [-0.1, -0.05) is 24.3 Å². The minimum Gasteiger partial charge on any atom is -0.472 e. The lowest BCUT2D eigenvalue weighted by Crippen LogP contribution is -2.51. The minimum atomic E-state index is -4.10. The van der Waals surface area contributed by atoms with Gasteiger partial charge in [0.25, 0.3) is 10.0 Å². The Hall–Kier alpha value is -4.19. The van der Waals surface area contributed by atoms with Crippen molar-refractivity contribution in [2.24, 2.45) is 5.92 Å². The summed E-state index contributed by atoms with van der Waals surface area (Å²) in [7, 11) is -2.82. The number of sulfonamides is 1. The molecule has 2 amide bonds. The first kappa shape index (κ1) is 25.5. The van der Waals surface area contributed by atoms with Gasteiger partial charge in [-0.25, -0.2) is 22.9 Å². The lowest BCUT2D eigenvalue weighted by atomic mass is 9.95. The van der Waals surface area contributed by atoms with Crippen LogP contribution in [0.25, 0.3) is 11.3 Å². The molecule has 0 aliphatic carbocycles. The number of benzene rings is 2. The van der Waals surface area contributed by atoms with E-state index in [0.717, 1.165) is 16.7 Å². The molecule has 38 heavy (non-hydrogen) atoms. The quantitative estimate of drug-likeness (QED) is 0.482. The molecular weight excluding hydrogens is 510 g/mol. The zero-order chi connectivity index (χ0) is 27.0. The zero-order valence-corrected chi connectivity index (χ0v) is 21.9. The molecule has 11 nitrogen and oxygen atoms in total. The van der Waals surface area contributed by atoms with Gasteiger partial charge in [0.05, 0.1) is 30.2 Å². The number of amides is 2. The molecule has 198 valence electrons. The molecule has 0 radical (unpaired) electrons. The number of hydrogen-bond donors (Lipinski definition) is 2. The number of rotatable bonds is 1. The average molecular weight is 538 g/mol. The van der Waals surface area contributed by atoms with Crippen molar-refractivity contribution >= 4 is 33.7 Å². The van der Waals surface area contributed by atoms with Crippen LogP contribution in [0.5, 0.6) is 5.88 Å². The number of fused-ring (bicyclic) bond motifs is 6. The fraction of sp³-hybridized carbons (Fsp3) is 0.308. The Bertz CT molecular complexity index is 1510. The highest BCUT2D eigenvalue weighted by molar-refractivity contribution is 7.92. The van der Waals surface area contributed by atoms with Gasteiger partial charge in [-0.15, -0.1) is 0 Å². The number of likely N-dealkylation sites (tertiary alicyclic amines) is 1. The number of aryl methyl sites for hydroxylation is 2. The summed E-state index contributed by atoms with van der Waals surface area (Å²) in [6.45, 7) is 4.16. The van der Waals surface area contributed by atoms with Crippen LogP contribution in [0.3, 0.4) is 0 Å². The van der Waals surface area contributed by atoms with Crippen LogP contribution in [-0.2, 0) is 19.6 Å². The normalized spacial score (nSPS) is 20.3. The topological polar surface area (TPSA) is 140 Å².